The Morgan fingerprint density at radius 2 is 2.05 bits per heavy atom. The molecule has 1 amide bonds. The predicted octanol–water partition coefficient (Wildman–Crippen LogP) is 2.02. The number of benzene rings is 1. The van der Waals surface area contributed by atoms with E-state index < -0.39 is 29.9 Å². The number of hydrogen-bond donors (Lipinski definition) is 1. The first-order chi connectivity index (χ1) is 9.76. The molecule has 114 valence electrons. The van der Waals surface area contributed by atoms with Gasteiger partial charge in [-0.05, 0) is 6.07 Å². The van der Waals surface area contributed by atoms with Crippen LogP contribution in [0.15, 0.2) is 24.3 Å². The summed E-state index contributed by atoms with van der Waals surface area (Å²) in [7, 11) is 0. The largest absolute Gasteiger partial charge is 0.573 e. The first-order valence-electron chi connectivity index (χ1n) is 6.10. The van der Waals surface area contributed by atoms with Crippen molar-refractivity contribution in [1.82, 2.24) is 4.90 Å². The number of rotatable bonds is 4. The Balaban J connectivity index is 2.13. The van der Waals surface area contributed by atoms with Crippen LogP contribution in [-0.2, 0) is 16.1 Å². The average molecular weight is 303 g/mol. The maximum absolute atomic E-state index is 12.3. The number of ether oxygens (including phenoxy) is 1. The summed E-state index contributed by atoms with van der Waals surface area (Å²) in [5.74, 6) is -2.71. The van der Waals surface area contributed by atoms with E-state index in [0.717, 1.165) is 6.07 Å². The summed E-state index contributed by atoms with van der Waals surface area (Å²) in [6.07, 6.45) is -4.97. The summed E-state index contributed by atoms with van der Waals surface area (Å²) >= 11 is 0. The van der Waals surface area contributed by atoms with Crippen LogP contribution in [0.4, 0.5) is 13.2 Å². The van der Waals surface area contributed by atoms with Crippen LogP contribution in [0.3, 0.4) is 0 Å². The first-order valence-corrected chi connectivity index (χ1v) is 6.10. The molecule has 0 aromatic heterocycles. The number of alkyl halides is 3. The van der Waals surface area contributed by atoms with E-state index in [4.69, 9.17) is 5.11 Å². The van der Waals surface area contributed by atoms with Gasteiger partial charge in [0.25, 0.3) is 0 Å². The molecule has 2 rings (SSSR count). The molecule has 1 saturated heterocycles. The van der Waals surface area contributed by atoms with E-state index in [0.29, 0.717) is 0 Å². The van der Waals surface area contributed by atoms with Gasteiger partial charge in [0, 0.05) is 25.1 Å². The first kappa shape index (κ1) is 15.1. The van der Waals surface area contributed by atoms with Crippen LogP contribution in [0.1, 0.15) is 12.0 Å². The van der Waals surface area contributed by atoms with Gasteiger partial charge in [0.05, 0.1) is 5.92 Å². The summed E-state index contributed by atoms with van der Waals surface area (Å²) < 4.78 is 40.8. The number of halogens is 3. The molecule has 0 aliphatic carbocycles. The summed E-state index contributed by atoms with van der Waals surface area (Å²) in [6, 6.07) is 5.46. The smallest absolute Gasteiger partial charge is 0.481 e. The van der Waals surface area contributed by atoms with Crippen LogP contribution in [0.5, 0.6) is 5.75 Å². The number of carbonyl (C=O) groups is 2. The second-order valence-corrected chi connectivity index (χ2v) is 4.67. The van der Waals surface area contributed by atoms with E-state index in [9.17, 15) is 22.8 Å². The average Bonchev–Trinajstić information content (AvgIpc) is 2.72. The summed E-state index contributed by atoms with van der Waals surface area (Å²) in [6.45, 7) is -0.136. The fourth-order valence-electron chi connectivity index (χ4n) is 2.15. The number of likely N-dealkylation sites (tertiary alicyclic amines) is 1. The second kappa shape index (κ2) is 5.63. The van der Waals surface area contributed by atoms with Crippen LogP contribution < -0.4 is 4.74 Å². The number of para-hydroxylation sites is 1. The van der Waals surface area contributed by atoms with Gasteiger partial charge in [-0.3, -0.25) is 9.59 Å². The fourth-order valence-corrected chi connectivity index (χ4v) is 2.15. The van der Waals surface area contributed by atoms with Crippen molar-refractivity contribution in [3.05, 3.63) is 29.8 Å². The third kappa shape index (κ3) is 3.87. The Hall–Kier alpha value is -2.25. The van der Waals surface area contributed by atoms with E-state index >= 15 is 0 Å². The Kier molecular flexibility index (Phi) is 4.06. The summed E-state index contributed by atoms with van der Waals surface area (Å²) in [5.41, 5.74) is 0.175. The standard InChI is InChI=1S/C13H12F3NO4/c14-13(15,16)21-10-4-2-1-3-8(10)6-17-7-9(12(19)20)5-11(17)18/h1-4,9H,5-7H2,(H,19,20). The minimum atomic E-state index is -4.82. The third-order valence-electron chi connectivity index (χ3n) is 3.12. The van der Waals surface area contributed by atoms with Gasteiger partial charge < -0.3 is 14.7 Å². The second-order valence-electron chi connectivity index (χ2n) is 4.67. The van der Waals surface area contributed by atoms with Crippen molar-refractivity contribution in [2.45, 2.75) is 19.3 Å². The van der Waals surface area contributed by atoms with E-state index in [1.807, 2.05) is 0 Å². The highest BCUT2D eigenvalue weighted by Crippen LogP contribution is 2.29. The number of hydrogen-bond acceptors (Lipinski definition) is 3. The van der Waals surface area contributed by atoms with Gasteiger partial charge in [-0.2, -0.15) is 0 Å². The molecule has 1 atom stereocenters. The summed E-state index contributed by atoms with van der Waals surface area (Å²) in [4.78, 5) is 23.8. The molecule has 21 heavy (non-hydrogen) atoms. The van der Waals surface area contributed by atoms with Crippen molar-refractivity contribution in [1.29, 1.82) is 0 Å². The van der Waals surface area contributed by atoms with Crippen molar-refractivity contribution >= 4 is 11.9 Å². The van der Waals surface area contributed by atoms with Crippen molar-refractivity contribution in [2.75, 3.05) is 6.54 Å². The van der Waals surface area contributed by atoms with Crippen LogP contribution in [0.25, 0.3) is 0 Å². The lowest BCUT2D eigenvalue weighted by molar-refractivity contribution is -0.275. The van der Waals surface area contributed by atoms with Crippen LogP contribution >= 0.6 is 0 Å². The van der Waals surface area contributed by atoms with Gasteiger partial charge in [0.1, 0.15) is 5.75 Å². The lowest BCUT2D eigenvalue weighted by Gasteiger charge is -2.19. The molecule has 8 heteroatoms. The number of carboxylic acids is 1. The molecule has 0 bridgehead atoms. The molecule has 1 heterocycles. The topological polar surface area (TPSA) is 66.8 Å². The molecular weight excluding hydrogens is 291 g/mol. The zero-order chi connectivity index (χ0) is 15.6. The highest BCUT2D eigenvalue weighted by Gasteiger charge is 2.36. The lowest BCUT2D eigenvalue weighted by Crippen LogP contribution is -2.26. The van der Waals surface area contributed by atoms with Crippen LogP contribution in [0.2, 0.25) is 0 Å². The third-order valence-corrected chi connectivity index (χ3v) is 3.12. The highest BCUT2D eigenvalue weighted by molar-refractivity contribution is 5.86. The number of carboxylic acid groups (broad SMARTS) is 1. The molecule has 0 radical (unpaired) electrons. The van der Waals surface area contributed by atoms with E-state index in [1.54, 1.807) is 0 Å². The zero-order valence-corrected chi connectivity index (χ0v) is 10.8. The number of amides is 1. The zero-order valence-electron chi connectivity index (χ0n) is 10.8. The molecule has 5 nitrogen and oxygen atoms in total. The van der Waals surface area contributed by atoms with Gasteiger partial charge in [-0.1, -0.05) is 18.2 Å². The predicted molar refractivity (Wildman–Crippen MR) is 64.3 cm³/mol. The Morgan fingerprint density at radius 3 is 2.62 bits per heavy atom. The lowest BCUT2D eigenvalue weighted by atomic mass is 10.1. The molecule has 1 aliphatic heterocycles. The molecule has 1 aliphatic rings. The Morgan fingerprint density at radius 1 is 1.38 bits per heavy atom. The van der Waals surface area contributed by atoms with E-state index in [1.165, 1.54) is 23.1 Å². The molecular formula is C13H12F3NO4. The van der Waals surface area contributed by atoms with E-state index in [-0.39, 0.29) is 25.1 Å². The number of aliphatic carboxylic acids is 1. The number of carbonyl (C=O) groups excluding carboxylic acids is 1. The van der Waals surface area contributed by atoms with Gasteiger partial charge >= 0.3 is 12.3 Å². The Labute approximate surface area is 117 Å². The summed E-state index contributed by atoms with van der Waals surface area (Å²) in [5, 5.41) is 8.87. The van der Waals surface area contributed by atoms with Crippen LogP contribution in [0, 0.1) is 5.92 Å². The maximum Gasteiger partial charge on any atom is 0.573 e. The molecule has 1 aromatic carbocycles. The SMILES string of the molecule is O=C(O)C1CC(=O)N(Cc2ccccc2OC(F)(F)F)C1. The minimum Gasteiger partial charge on any atom is -0.481 e. The van der Waals surface area contributed by atoms with E-state index in [2.05, 4.69) is 4.74 Å². The Bertz CT molecular complexity index is 559. The van der Waals surface area contributed by atoms with Gasteiger partial charge in [0.2, 0.25) is 5.91 Å². The normalized spacial score (nSPS) is 18.9. The van der Waals surface area contributed by atoms with Crippen LogP contribution in [-0.4, -0.2) is 34.8 Å². The molecule has 1 aromatic rings. The number of nitrogens with zero attached hydrogens (tertiary/aromatic N) is 1. The highest BCUT2D eigenvalue weighted by atomic mass is 19.4. The van der Waals surface area contributed by atoms with Crippen molar-refractivity contribution in [2.24, 2.45) is 5.92 Å². The minimum absolute atomic E-state index is 0.0193. The molecule has 0 spiro atoms. The van der Waals surface area contributed by atoms with Crippen molar-refractivity contribution < 1.29 is 32.6 Å². The van der Waals surface area contributed by atoms with Gasteiger partial charge in [-0.15, -0.1) is 13.2 Å². The van der Waals surface area contributed by atoms with Crippen molar-refractivity contribution in [3.63, 3.8) is 0 Å². The van der Waals surface area contributed by atoms with Crippen molar-refractivity contribution in [3.8, 4) is 5.75 Å². The quantitative estimate of drug-likeness (QED) is 0.924. The molecule has 1 N–H and O–H groups in total. The van der Waals surface area contributed by atoms with Gasteiger partial charge in [-0.25, -0.2) is 0 Å². The molecule has 1 unspecified atom stereocenters. The maximum atomic E-state index is 12.3. The fraction of sp³-hybridized carbons (Fsp3) is 0.385. The monoisotopic (exact) mass is 303 g/mol. The van der Waals surface area contributed by atoms with Gasteiger partial charge in [0.15, 0.2) is 0 Å². The molecule has 0 saturated carbocycles. The molecule has 1 fully saturated rings.